The number of morpholine rings is 1. The van der Waals surface area contributed by atoms with Gasteiger partial charge in [0.1, 0.15) is 0 Å². The lowest BCUT2D eigenvalue weighted by Crippen LogP contribution is -2.45. The zero-order valence-electron chi connectivity index (χ0n) is 15.3. The quantitative estimate of drug-likeness (QED) is 0.713. The summed E-state index contributed by atoms with van der Waals surface area (Å²) in [5, 5.41) is 4.61. The summed E-state index contributed by atoms with van der Waals surface area (Å²) in [7, 11) is 0. The predicted octanol–water partition coefficient (Wildman–Crippen LogP) is 3.66. The minimum atomic E-state index is 0.355. The third kappa shape index (κ3) is 5.21. The molecule has 0 spiro atoms. The topological polar surface area (TPSA) is 39.5 Å². The van der Waals surface area contributed by atoms with Gasteiger partial charge in [-0.2, -0.15) is 0 Å². The highest BCUT2D eigenvalue weighted by Gasteiger charge is 2.21. The molecule has 0 N–H and O–H groups in total. The highest BCUT2D eigenvalue weighted by Crippen LogP contribution is 2.28. The molecule has 2 heterocycles. The molecule has 2 atom stereocenters. The number of hydrogen-bond acceptors (Lipinski definition) is 4. The van der Waals surface area contributed by atoms with Gasteiger partial charge in [-0.25, -0.2) is 0 Å². The standard InChI is InChI=1S/C19H33N3O2/c1-16-14-21(15-17(2)24-16)11-6-7-13-23-19-10-12-22(20-19)18-8-4-3-5-9-18/h10,12,16-18H,3-9,11,13-15H2,1-2H3. The van der Waals surface area contributed by atoms with Gasteiger partial charge < -0.3 is 9.47 Å². The van der Waals surface area contributed by atoms with Crippen molar-refractivity contribution in [2.24, 2.45) is 0 Å². The molecule has 0 radical (unpaired) electrons. The molecule has 1 aromatic heterocycles. The number of nitrogens with zero attached hydrogens (tertiary/aromatic N) is 3. The molecular formula is C19H33N3O2. The van der Waals surface area contributed by atoms with Crippen molar-refractivity contribution in [2.75, 3.05) is 26.2 Å². The molecule has 24 heavy (non-hydrogen) atoms. The zero-order valence-corrected chi connectivity index (χ0v) is 15.3. The van der Waals surface area contributed by atoms with Crippen LogP contribution in [-0.4, -0.2) is 53.1 Å². The van der Waals surface area contributed by atoms with Crippen molar-refractivity contribution in [3.05, 3.63) is 12.3 Å². The zero-order chi connectivity index (χ0) is 16.8. The Labute approximate surface area is 146 Å². The lowest BCUT2D eigenvalue weighted by Gasteiger charge is -2.35. The smallest absolute Gasteiger partial charge is 0.232 e. The third-order valence-corrected chi connectivity index (χ3v) is 5.15. The summed E-state index contributed by atoms with van der Waals surface area (Å²) in [6, 6.07) is 2.60. The van der Waals surface area contributed by atoms with Crippen molar-refractivity contribution in [2.45, 2.75) is 77.0 Å². The van der Waals surface area contributed by atoms with Gasteiger partial charge in [-0.05, 0) is 46.1 Å². The van der Waals surface area contributed by atoms with Crippen molar-refractivity contribution >= 4 is 0 Å². The van der Waals surface area contributed by atoms with E-state index in [-0.39, 0.29) is 0 Å². The average molecular weight is 335 g/mol. The van der Waals surface area contributed by atoms with Crippen LogP contribution in [0.3, 0.4) is 0 Å². The number of aromatic nitrogens is 2. The summed E-state index contributed by atoms with van der Waals surface area (Å²) in [5.74, 6) is 0.786. The molecule has 5 nitrogen and oxygen atoms in total. The normalized spacial score (nSPS) is 26.6. The first-order valence-corrected chi connectivity index (χ1v) is 9.76. The van der Waals surface area contributed by atoms with Crippen LogP contribution in [0.25, 0.3) is 0 Å². The summed E-state index contributed by atoms with van der Waals surface area (Å²) in [5.41, 5.74) is 0. The predicted molar refractivity (Wildman–Crippen MR) is 95.5 cm³/mol. The Balaban J connectivity index is 1.31. The molecule has 2 fully saturated rings. The first-order chi connectivity index (χ1) is 11.7. The van der Waals surface area contributed by atoms with Gasteiger partial charge in [0, 0.05) is 25.4 Å². The van der Waals surface area contributed by atoms with Crippen LogP contribution in [0, 0.1) is 0 Å². The molecule has 2 unspecified atom stereocenters. The third-order valence-electron chi connectivity index (χ3n) is 5.15. The first kappa shape index (κ1) is 17.7. The van der Waals surface area contributed by atoms with Crippen molar-refractivity contribution in [3.8, 4) is 5.88 Å². The largest absolute Gasteiger partial charge is 0.477 e. The lowest BCUT2D eigenvalue weighted by molar-refractivity contribution is -0.0682. The van der Waals surface area contributed by atoms with Crippen LogP contribution >= 0.6 is 0 Å². The summed E-state index contributed by atoms with van der Waals surface area (Å²) < 4.78 is 13.7. The van der Waals surface area contributed by atoms with E-state index in [0.29, 0.717) is 18.2 Å². The second kappa shape index (κ2) is 8.86. The average Bonchev–Trinajstić information content (AvgIpc) is 3.03. The van der Waals surface area contributed by atoms with E-state index in [0.717, 1.165) is 38.5 Å². The van der Waals surface area contributed by atoms with Gasteiger partial charge in [0.25, 0.3) is 0 Å². The van der Waals surface area contributed by atoms with Crippen LogP contribution in [0.1, 0.15) is 64.8 Å². The highest BCUT2D eigenvalue weighted by molar-refractivity contribution is 5.06. The van der Waals surface area contributed by atoms with Crippen LogP contribution in [0.5, 0.6) is 5.88 Å². The van der Waals surface area contributed by atoms with E-state index in [2.05, 4.69) is 34.7 Å². The van der Waals surface area contributed by atoms with Crippen LogP contribution in [0.4, 0.5) is 0 Å². The Morgan fingerprint density at radius 2 is 1.88 bits per heavy atom. The number of ether oxygens (including phenoxy) is 2. The molecule has 1 aromatic rings. The van der Waals surface area contributed by atoms with Gasteiger partial charge in [-0.1, -0.05) is 19.3 Å². The maximum absolute atomic E-state index is 5.83. The van der Waals surface area contributed by atoms with Gasteiger partial charge in [-0.3, -0.25) is 9.58 Å². The van der Waals surface area contributed by atoms with Gasteiger partial charge in [0.2, 0.25) is 5.88 Å². The van der Waals surface area contributed by atoms with E-state index < -0.39 is 0 Å². The summed E-state index contributed by atoms with van der Waals surface area (Å²) in [6.07, 6.45) is 11.6. The minimum Gasteiger partial charge on any atom is -0.477 e. The molecular weight excluding hydrogens is 302 g/mol. The molecule has 1 aliphatic carbocycles. The molecule has 0 amide bonds. The molecule has 2 aliphatic rings. The van der Waals surface area contributed by atoms with E-state index >= 15 is 0 Å². The maximum Gasteiger partial charge on any atom is 0.232 e. The van der Waals surface area contributed by atoms with Crippen LogP contribution in [0.2, 0.25) is 0 Å². The first-order valence-electron chi connectivity index (χ1n) is 9.76. The SMILES string of the molecule is CC1CN(CCCCOc2ccn(C3CCCCC3)n2)CC(C)O1. The van der Waals surface area contributed by atoms with Crippen LogP contribution in [-0.2, 0) is 4.74 Å². The Hall–Kier alpha value is -1.07. The number of hydrogen-bond donors (Lipinski definition) is 0. The van der Waals surface area contributed by atoms with Crippen molar-refractivity contribution in [3.63, 3.8) is 0 Å². The highest BCUT2D eigenvalue weighted by atomic mass is 16.5. The van der Waals surface area contributed by atoms with E-state index in [1.54, 1.807) is 0 Å². The Morgan fingerprint density at radius 3 is 2.62 bits per heavy atom. The molecule has 1 aliphatic heterocycles. The second-order valence-corrected chi connectivity index (χ2v) is 7.50. The maximum atomic E-state index is 5.83. The molecule has 0 bridgehead atoms. The minimum absolute atomic E-state index is 0.355. The molecule has 1 saturated carbocycles. The van der Waals surface area contributed by atoms with E-state index in [9.17, 15) is 0 Å². The molecule has 0 aromatic carbocycles. The van der Waals surface area contributed by atoms with E-state index in [1.165, 1.54) is 38.5 Å². The van der Waals surface area contributed by atoms with Crippen molar-refractivity contribution in [1.82, 2.24) is 14.7 Å². The van der Waals surface area contributed by atoms with Crippen molar-refractivity contribution < 1.29 is 9.47 Å². The Kier molecular flexibility index (Phi) is 6.55. The fourth-order valence-electron chi connectivity index (χ4n) is 4.03. The van der Waals surface area contributed by atoms with Gasteiger partial charge in [-0.15, -0.1) is 5.10 Å². The fraction of sp³-hybridized carbons (Fsp3) is 0.842. The van der Waals surface area contributed by atoms with Gasteiger partial charge in [0.05, 0.1) is 24.9 Å². The molecule has 136 valence electrons. The van der Waals surface area contributed by atoms with Gasteiger partial charge in [0.15, 0.2) is 0 Å². The molecule has 1 saturated heterocycles. The molecule has 3 rings (SSSR count). The lowest BCUT2D eigenvalue weighted by atomic mass is 9.96. The monoisotopic (exact) mass is 335 g/mol. The van der Waals surface area contributed by atoms with Gasteiger partial charge >= 0.3 is 0 Å². The molecule has 5 heteroatoms. The Bertz CT molecular complexity index is 475. The fourth-order valence-corrected chi connectivity index (χ4v) is 4.03. The van der Waals surface area contributed by atoms with E-state index in [4.69, 9.17) is 9.47 Å². The van der Waals surface area contributed by atoms with Crippen LogP contribution in [0.15, 0.2) is 12.3 Å². The van der Waals surface area contributed by atoms with E-state index in [1.807, 2.05) is 6.07 Å². The number of rotatable bonds is 7. The summed E-state index contributed by atoms with van der Waals surface area (Å²) in [4.78, 5) is 2.51. The summed E-state index contributed by atoms with van der Waals surface area (Å²) in [6.45, 7) is 8.33. The Morgan fingerprint density at radius 1 is 1.12 bits per heavy atom. The summed E-state index contributed by atoms with van der Waals surface area (Å²) >= 11 is 0. The second-order valence-electron chi connectivity index (χ2n) is 7.50. The van der Waals surface area contributed by atoms with Crippen molar-refractivity contribution in [1.29, 1.82) is 0 Å². The number of unbranched alkanes of at least 4 members (excludes halogenated alkanes) is 1. The van der Waals surface area contributed by atoms with Crippen LogP contribution < -0.4 is 4.74 Å².